The lowest BCUT2D eigenvalue weighted by Crippen LogP contribution is -2.15. The van der Waals surface area contributed by atoms with E-state index >= 15 is 0 Å². The van der Waals surface area contributed by atoms with Crippen molar-refractivity contribution in [2.24, 2.45) is 0 Å². The molecular formula is C15H18ClN3. The SMILES string of the molecule is Cc1cc(C(C)(C)C)nc(-c2cc(Cl)ccc2N)n1. The first-order valence-corrected chi connectivity index (χ1v) is 6.57. The monoisotopic (exact) mass is 275 g/mol. The van der Waals surface area contributed by atoms with Crippen LogP contribution in [0.2, 0.25) is 5.02 Å². The normalized spacial score (nSPS) is 11.6. The van der Waals surface area contributed by atoms with Gasteiger partial charge in [-0.05, 0) is 31.2 Å². The standard InChI is InChI=1S/C15H18ClN3/c1-9-7-13(15(2,3)4)19-14(18-9)11-8-10(16)5-6-12(11)17/h5-8H,17H2,1-4H3. The number of hydrogen-bond donors (Lipinski definition) is 1. The summed E-state index contributed by atoms with van der Waals surface area (Å²) < 4.78 is 0. The maximum atomic E-state index is 6.03. The Balaban J connectivity index is 2.63. The molecule has 0 spiro atoms. The van der Waals surface area contributed by atoms with E-state index in [2.05, 4.69) is 30.7 Å². The van der Waals surface area contributed by atoms with Gasteiger partial charge in [0, 0.05) is 27.4 Å². The minimum absolute atomic E-state index is 0.0320. The van der Waals surface area contributed by atoms with Gasteiger partial charge in [0.15, 0.2) is 5.82 Å². The second kappa shape index (κ2) is 4.82. The predicted molar refractivity (Wildman–Crippen MR) is 80.3 cm³/mol. The summed E-state index contributed by atoms with van der Waals surface area (Å²) in [5.41, 5.74) is 9.29. The number of aryl methyl sites for hydroxylation is 1. The molecule has 100 valence electrons. The second-order valence-electron chi connectivity index (χ2n) is 5.70. The molecule has 2 rings (SSSR count). The number of nitrogens with zero attached hydrogens (tertiary/aromatic N) is 2. The molecule has 1 aromatic heterocycles. The summed E-state index contributed by atoms with van der Waals surface area (Å²) in [6.45, 7) is 8.33. The van der Waals surface area contributed by atoms with Gasteiger partial charge in [-0.3, -0.25) is 0 Å². The first-order chi connectivity index (χ1) is 8.77. The molecule has 0 saturated heterocycles. The Kier molecular flexibility index (Phi) is 3.50. The third-order valence-electron chi connectivity index (χ3n) is 2.88. The van der Waals surface area contributed by atoms with Crippen molar-refractivity contribution in [3.63, 3.8) is 0 Å². The van der Waals surface area contributed by atoms with Gasteiger partial charge in [0.1, 0.15) is 0 Å². The molecule has 0 fully saturated rings. The zero-order valence-electron chi connectivity index (χ0n) is 11.7. The summed E-state index contributed by atoms with van der Waals surface area (Å²) in [5, 5.41) is 0.631. The smallest absolute Gasteiger partial charge is 0.161 e. The van der Waals surface area contributed by atoms with Gasteiger partial charge in [-0.15, -0.1) is 0 Å². The van der Waals surface area contributed by atoms with Crippen LogP contribution in [-0.4, -0.2) is 9.97 Å². The van der Waals surface area contributed by atoms with E-state index in [9.17, 15) is 0 Å². The summed E-state index contributed by atoms with van der Waals surface area (Å²) >= 11 is 6.03. The molecule has 0 unspecified atom stereocenters. The molecule has 0 radical (unpaired) electrons. The maximum absolute atomic E-state index is 6.03. The van der Waals surface area contributed by atoms with Crippen LogP contribution in [0, 0.1) is 6.92 Å². The summed E-state index contributed by atoms with van der Waals surface area (Å²) in [5.74, 6) is 0.630. The Hall–Kier alpha value is -1.61. The first-order valence-electron chi connectivity index (χ1n) is 6.19. The number of anilines is 1. The lowest BCUT2D eigenvalue weighted by atomic mass is 9.91. The van der Waals surface area contributed by atoms with Gasteiger partial charge in [-0.1, -0.05) is 32.4 Å². The van der Waals surface area contributed by atoms with E-state index in [0.29, 0.717) is 16.5 Å². The molecule has 3 nitrogen and oxygen atoms in total. The summed E-state index contributed by atoms with van der Waals surface area (Å²) in [6, 6.07) is 7.35. The van der Waals surface area contributed by atoms with Crippen LogP contribution in [0.15, 0.2) is 24.3 Å². The Bertz CT molecular complexity index is 615. The van der Waals surface area contributed by atoms with Crippen LogP contribution in [0.5, 0.6) is 0 Å². The van der Waals surface area contributed by atoms with Crippen LogP contribution in [-0.2, 0) is 5.41 Å². The number of benzene rings is 1. The number of aromatic nitrogens is 2. The minimum Gasteiger partial charge on any atom is -0.398 e. The quantitative estimate of drug-likeness (QED) is 0.801. The molecule has 2 N–H and O–H groups in total. The lowest BCUT2D eigenvalue weighted by Gasteiger charge is -2.19. The molecule has 0 saturated carbocycles. The number of rotatable bonds is 1. The largest absolute Gasteiger partial charge is 0.398 e. The van der Waals surface area contributed by atoms with Crippen LogP contribution in [0.3, 0.4) is 0 Å². The number of hydrogen-bond acceptors (Lipinski definition) is 3. The van der Waals surface area contributed by atoms with Crippen molar-refractivity contribution in [2.75, 3.05) is 5.73 Å². The molecule has 4 heteroatoms. The van der Waals surface area contributed by atoms with Crippen molar-refractivity contribution in [3.05, 3.63) is 40.7 Å². The predicted octanol–water partition coefficient (Wildman–Crippen LogP) is 3.99. The average molecular weight is 276 g/mol. The fourth-order valence-corrected chi connectivity index (χ4v) is 1.97. The summed E-state index contributed by atoms with van der Waals surface area (Å²) in [6.07, 6.45) is 0. The van der Waals surface area contributed by atoms with Crippen LogP contribution >= 0.6 is 11.6 Å². The Morgan fingerprint density at radius 1 is 1.11 bits per heavy atom. The van der Waals surface area contributed by atoms with Crippen molar-refractivity contribution in [2.45, 2.75) is 33.1 Å². The molecular weight excluding hydrogens is 258 g/mol. The molecule has 1 heterocycles. The minimum atomic E-state index is -0.0320. The lowest BCUT2D eigenvalue weighted by molar-refractivity contribution is 0.567. The van der Waals surface area contributed by atoms with Crippen LogP contribution in [0.1, 0.15) is 32.2 Å². The van der Waals surface area contributed by atoms with E-state index in [-0.39, 0.29) is 5.41 Å². The van der Waals surface area contributed by atoms with E-state index in [0.717, 1.165) is 17.0 Å². The Morgan fingerprint density at radius 2 is 1.79 bits per heavy atom. The maximum Gasteiger partial charge on any atom is 0.161 e. The molecule has 0 amide bonds. The Morgan fingerprint density at radius 3 is 2.42 bits per heavy atom. The van der Waals surface area contributed by atoms with Crippen molar-refractivity contribution in [1.29, 1.82) is 0 Å². The van der Waals surface area contributed by atoms with Crippen molar-refractivity contribution in [1.82, 2.24) is 9.97 Å². The highest BCUT2D eigenvalue weighted by Crippen LogP contribution is 2.29. The highest BCUT2D eigenvalue weighted by molar-refractivity contribution is 6.31. The average Bonchev–Trinajstić information content (AvgIpc) is 2.30. The van der Waals surface area contributed by atoms with Gasteiger partial charge in [0.05, 0.1) is 5.69 Å². The zero-order valence-corrected chi connectivity index (χ0v) is 12.4. The molecule has 0 atom stereocenters. The van der Waals surface area contributed by atoms with Gasteiger partial charge in [-0.2, -0.15) is 0 Å². The van der Waals surface area contributed by atoms with Gasteiger partial charge in [-0.25, -0.2) is 9.97 Å². The molecule has 0 aliphatic rings. The molecule has 1 aromatic carbocycles. The molecule has 0 aliphatic carbocycles. The highest BCUT2D eigenvalue weighted by Gasteiger charge is 2.18. The number of nitrogen functional groups attached to an aromatic ring is 1. The van der Waals surface area contributed by atoms with Gasteiger partial charge in [0.2, 0.25) is 0 Å². The van der Waals surface area contributed by atoms with E-state index in [4.69, 9.17) is 17.3 Å². The highest BCUT2D eigenvalue weighted by atomic mass is 35.5. The second-order valence-corrected chi connectivity index (χ2v) is 6.14. The van der Waals surface area contributed by atoms with Crippen LogP contribution < -0.4 is 5.73 Å². The molecule has 19 heavy (non-hydrogen) atoms. The molecule has 2 aromatic rings. The van der Waals surface area contributed by atoms with Crippen LogP contribution in [0.4, 0.5) is 5.69 Å². The van der Waals surface area contributed by atoms with Gasteiger partial charge in [0.25, 0.3) is 0 Å². The third-order valence-corrected chi connectivity index (χ3v) is 3.11. The first kappa shape index (κ1) is 13.8. The van der Waals surface area contributed by atoms with E-state index in [1.165, 1.54) is 0 Å². The fraction of sp³-hybridized carbons (Fsp3) is 0.333. The fourth-order valence-electron chi connectivity index (χ4n) is 1.80. The van der Waals surface area contributed by atoms with E-state index in [1.807, 2.05) is 13.0 Å². The molecule has 0 aliphatic heterocycles. The van der Waals surface area contributed by atoms with Gasteiger partial charge >= 0.3 is 0 Å². The summed E-state index contributed by atoms with van der Waals surface area (Å²) in [4.78, 5) is 9.10. The number of nitrogens with two attached hydrogens (primary N) is 1. The van der Waals surface area contributed by atoms with E-state index in [1.54, 1.807) is 18.2 Å². The van der Waals surface area contributed by atoms with Crippen molar-refractivity contribution in [3.8, 4) is 11.4 Å². The third kappa shape index (κ3) is 3.04. The number of halogens is 1. The summed E-state index contributed by atoms with van der Waals surface area (Å²) in [7, 11) is 0. The Labute approximate surface area is 118 Å². The topological polar surface area (TPSA) is 51.8 Å². The zero-order chi connectivity index (χ0) is 14.2. The van der Waals surface area contributed by atoms with Crippen LogP contribution in [0.25, 0.3) is 11.4 Å². The van der Waals surface area contributed by atoms with Crippen molar-refractivity contribution >= 4 is 17.3 Å². The van der Waals surface area contributed by atoms with E-state index < -0.39 is 0 Å². The van der Waals surface area contributed by atoms with Crippen molar-refractivity contribution < 1.29 is 0 Å². The van der Waals surface area contributed by atoms with Gasteiger partial charge < -0.3 is 5.73 Å². The molecule has 0 bridgehead atoms.